The van der Waals surface area contributed by atoms with Gasteiger partial charge < -0.3 is 10.4 Å². The van der Waals surface area contributed by atoms with Crippen LogP contribution in [0.3, 0.4) is 0 Å². The van der Waals surface area contributed by atoms with Gasteiger partial charge in [-0.15, -0.1) is 0 Å². The van der Waals surface area contributed by atoms with Crippen molar-refractivity contribution in [3.8, 4) is 0 Å². The molecular formula is C18H27NO2. The van der Waals surface area contributed by atoms with E-state index < -0.39 is 5.97 Å². The first-order chi connectivity index (χ1) is 10.1. The van der Waals surface area contributed by atoms with Gasteiger partial charge in [-0.1, -0.05) is 51.2 Å². The summed E-state index contributed by atoms with van der Waals surface area (Å²) in [5.74, 6) is 0.653. The van der Waals surface area contributed by atoms with Crippen LogP contribution in [0.15, 0.2) is 24.3 Å². The van der Waals surface area contributed by atoms with Crippen LogP contribution in [0.5, 0.6) is 0 Å². The molecule has 1 saturated carbocycles. The SMILES string of the molecule is CC(NCc1cccc(C(=O)O)c1)C(C)C1CCCCC1. The molecule has 2 atom stereocenters. The summed E-state index contributed by atoms with van der Waals surface area (Å²) in [5, 5.41) is 12.6. The van der Waals surface area contributed by atoms with Gasteiger partial charge in [-0.05, 0) is 36.5 Å². The number of aromatic carboxylic acids is 1. The van der Waals surface area contributed by atoms with Gasteiger partial charge >= 0.3 is 5.97 Å². The van der Waals surface area contributed by atoms with Crippen LogP contribution in [-0.4, -0.2) is 17.1 Å². The Morgan fingerprint density at radius 3 is 2.67 bits per heavy atom. The summed E-state index contributed by atoms with van der Waals surface area (Å²) < 4.78 is 0. The van der Waals surface area contributed by atoms with Gasteiger partial charge in [0.25, 0.3) is 0 Å². The molecule has 1 aromatic carbocycles. The van der Waals surface area contributed by atoms with E-state index in [0.29, 0.717) is 17.5 Å². The quantitative estimate of drug-likeness (QED) is 0.829. The lowest BCUT2D eigenvalue weighted by Gasteiger charge is -2.32. The van der Waals surface area contributed by atoms with Crippen molar-refractivity contribution < 1.29 is 9.90 Å². The molecule has 116 valence electrons. The molecule has 0 spiro atoms. The Bertz CT molecular complexity index is 466. The molecule has 0 heterocycles. The number of hydrogen-bond acceptors (Lipinski definition) is 2. The van der Waals surface area contributed by atoms with Crippen LogP contribution in [0.2, 0.25) is 0 Å². The topological polar surface area (TPSA) is 49.3 Å². The predicted octanol–water partition coefficient (Wildman–Crippen LogP) is 4.08. The Labute approximate surface area is 127 Å². The third-order valence-corrected chi connectivity index (χ3v) is 4.98. The van der Waals surface area contributed by atoms with Gasteiger partial charge in [0.15, 0.2) is 0 Å². The fraction of sp³-hybridized carbons (Fsp3) is 0.611. The highest BCUT2D eigenvalue weighted by atomic mass is 16.4. The van der Waals surface area contributed by atoms with Gasteiger partial charge in [0, 0.05) is 12.6 Å². The van der Waals surface area contributed by atoms with E-state index in [9.17, 15) is 4.79 Å². The van der Waals surface area contributed by atoms with Crippen molar-refractivity contribution in [1.82, 2.24) is 5.32 Å². The highest BCUT2D eigenvalue weighted by Crippen LogP contribution is 2.31. The molecule has 1 aliphatic carbocycles. The number of carboxylic acids is 1. The molecular weight excluding hydrogens is 262 g/mol. The number of benzene rings is 1. The Morgan fingerprint density at radius 1 is 1.29 bits per heavy atom. The molecule has 1 fully saturated rings. The maximum absolute atomic E-state index is 11.0. The van der Waals surface area contributed by atoms with E-state index in [0.717, 1.165) is 18.0 Å². The Hall–Kier alpha value is -1.35. The standard InChI is InChI=1S/C18H27NO2/c1-13(16-8-4-3-5-9-16)14(2)19-12-15-7-6-10-17(11-15)18(20)21/h6-7,10-11,13-14,16,19H,3-5,8-9,12H2,1-2H3,(H,20,21). The smallest absolute Gasteiger partial charge is 0.335 e. The number of hydrogen-bond donors (Lipinski definition) is 2. The predicted molar refractivity (Wildman–Crippen MR) is 85.4 cm³/mol. The van der Waals surface area contributed by atoms with Crippen molar-refractivity contribution in [3.63, 3.8) is 0 Å². The number of nitrogens with one attached hydrogen (secondary N) is 1. The van der Waals surface area contributed by atoms with E-state index in [1.54, 1.807) is 12.1 Å². The van der Waals surface area contributed by atoms with Crippen LogP contribution < -0.4 is 5.32 Å². The average Bonchev–Trinajstić information content (AvgIpc) is 2.53. The van der Waals surface area contributed by atoms with Gasteiger partial charge in [0.2, 0.25) is 0 Å². The molecule has 2 N–H and O–H groups in total. The Morgan fingerprint density at radius 2 is 2.00 bits per heavy atom. The Kier molecular flexibility index (Phi) is 5.80. The summed E-state index contributed by atoms with van der Waals surface area (Å²) in [5.41, 5.74) is 1.40. The molecule has 0 radical (unpaired) electrons. The zero-order valence-electron chi connectivity index (χ0n) is 13.1. The zero-order chi connectivity index (χ0) is 15.2. The molecule has 0 saturated heterocycles. The lowest BCUT2D eigenvalue weighted by Crippen LogP contribution is -2.36. The molecule has 0 bridgehead atoms. The summed E-state index contributed by atoms with van der Waals surface area (Å²) in [6.45, 7) is 5.33. The third kappa shape index (κ3) is 4.57. The van der Waals surface area contributed by atoms with Crippen LogP contribution in [0.1, 0.15) is 61.9 Å². The van der Waals surface area contributed by atoms with E-state index in [-0.39, 0.29) is 0 Å². The fourth-order valence-electron chi connectivity index (χ4n) is 3.35. The normalized spacial score (nSPS) is 19.1. The van der Waals surface area contributed by atoms with E-state index in [4.69, 9.17) is 5.11 Å². The number of carboxylic acid groups (broad SMARTS) is 1. The van der Waals surface area contributed by atoms with Crippen LogP contribution >= 0.6 is 0 Å². The zero-order valence-corrected chi connectivity index (χ0v) is 13.1. The minimum Gasteiger partial charge on any atom is -0.478 e. The van der Waals surface area contributed by atoms with Crippen molar-refractivity contribution in [2.24, 2.45) is 11.8 Å². The third-order valence-electron chi connectivity index (χ3n) is 4.98. The Balaban J connectivity index is 1.86. The number of carbonyl (C=O) groups is 1. The van der Waals surface area contributed by atoms with Crippen molar-refractivity contribution >= 4 is 5.97 Å². The van der Waals surface area contributed by atoms with Crippen molar-refractivity contribution in [1.29, 1.82) is 0 Å². The maximum atomic E-state index is 11.0. The van der Waals surface area contributed by atoms with Gasteiger partial charge in [0.1, 0.15) is 0 Å². The van der Waals surface area contributed by atoms with Gasteiger partial charge in [-0.3, -0.25) is 0 Å². The first kappa shape index (κ1) is 16.0. The van der Waals surface area contributed by atoms with Crippen LogP contribution in [0.25, 0.3) is 0 Å². The van der Waals surface area contributed by atoms with E-state index in [1.807, 2.05) is 12.1 Å². The summed E-state index contributed by atoms with van der Waals surface area (Å²) in [6, 6.07) is 7.65. The highest BCUT2D eigenvalue weighted by Gasteiger charge is 2.24. The molecule has 1 aliphatic rings. The van der Waals surface area contributed by atoms with Crippen LogP contribution in [0, 0.1) is 11.8 Å². The lowest BCUT2D eigenvalue weighted by molar-refractivity contribution is 0.0696. The molecule has 1 aromatic rings. The monoisotopic (exact) mass is 289 g/mol. The molecule has 3 heteroatoms. The highest BCUT2D eigenvalue weighted by molar-refractivity contribution is 5.87. The van der Waals surface area contributed by atoms with Crippen molar-refractivity contribution in [2.45, 2.75) is 58.5 Å². The summed E-state index contributed by atoms with van der Waals surface area (Å²) in [4.78, 5) is 11.0. The first-order valence-electron chi connectivity index (χ1n) is 8.13. The second-order valence-electron chi connectivity index (χ2n) is 6.43. The lowest BCUT2D eigenvalue weighted by atomic mass is 9.78. The molecule has 2 unspecified atom stereocenters. The second kappa shape index (κ2) is 7.60. The van der Waals surface area contributed by atoms with Gasteiger partial charge in [-0.25, -0.2) is 4.79 Å². The molecule has 0 aliphatic heterocycles. The fourth-order valence-corrected chi connectivity index (χ4v) is 3.35. The molecule has 2 rings (SSSR count). The first-order valence-corrected chi connectivity index (χ1v) is 8.13. The number of rotatable bonds is 6. The average molecular weight is 289 g/mol. The summed E-state index contributed by atoms with van der Waals surface area (Å²) in [6.07, 6.45) is 6.88. The van der Waals surface area contributed by atoms with E-state index in [2.05, 4.69) is 19.2 Å². The molecule has 0 aromatic heterocycles. The molecule has 21 heavy (non-hydrogen) atoms. The molecule has 3 nitrogen and oxygen atoms in total. The van der Waals surface area contributed by atoms with Crippen molar-refractivity contribution in [2.75, 3.05) is 0 Å². The second-order valence-corrected chi connectivity index (χ2v) is 6.43. The van der Waals surface area contributed by atoms with Crippen molar-refractivity contribution in [3.05, 3.63) is 35.4 Å². The van der Waals surface area contributed by atoms with Gasteiger partial charge in [0.05, 0.1) is 5.56 Å². The van der Waals surface area contributed by atoms with E-state index in [1.165, 1.54) is 32.1 Å². The van der Waals surface area contributed by atoms with Gasteiger partial charge in [-0.2, -0.15) is 0 Å². The van der Waals surface area contributed by atoms with Crippen LogP contribution in [0.4, 0.5) is 0 Å². The minimum atomic E-state index is -0.861. The summed E-state index contributed by atoms with van der Waals surface area (Å²) >= 11 is 0. The maximum Gasteiger partial charge on any atom is 0.335 e. The largest absolute Gasteiger partial charge is 0.478 e. The van der Waals surface area contributed by atoms with E-state index >= 15 is 0 Å². The van der Waals surface area contributed by atoms with Crippen LogP contribution in [-0.2, 0) is 6.54 Å². The summed E-state index contributed by atoms with van der Waals surface area (Å²) in [7, 11) is 0. The molecule has 0 amide bonds. The minimum absolute atomic E-state index is 0.363.